The molecule has 1 unspecified atom stereocenters. The molecule has 0 fully saturated rings. The zero-order valence-electron chi connectivity index (χ0n) is 24.9. The standard InChI is InChI=1S/C32H41F3N2O4/c1-8-31(9-2,22-11-17-26(21(4)19-22)40-20-28(38)30(5,6)7)27-18-16-25(37(27)10-3)29(39)36-23-12-14-24(15-13-23)41-32(33,34)35/h11-19,28,38H,8-10,20H2,1-7H3,(H,36,39). The van der Waals surface area contributed by atoms with E-state index in [4.69, 9.17) is 4.74 Å². The first-order valence-electron chi connectivity index (χ1n) is 13.9. The van der Waals surface area contributed by atoms with E-state index in [1.54, 1.807) is 6.07 Å². The number of rotatable bonds is 11. The summed E-state index contributed by atoms with van der Waals surface area (Å²) in [6, 6.07) is 14.9. The summed E-state index contributed by atoms with van der Waals surface area (Å²) in [5, 5.41) is 13.2. The second kappa shape index (κ2) is 12.6. The number of nitrogens with zero attached hydrogens (tertiary/aromatic N) is 1. The molecule has 0 saturated heterocycles. The molecular formula is C32H41F3N2O4. The highest BCUT2D eigenvalue weighted by Gasteiger charge is 2.35. The number of amides is 1. The highest BCUT2D eigenvalue weighted by molar-refractivity contribution is 6.03. The summed E-state index contributed by atoms with van der Waals surface area (Å²) >= 11 is 0. The monoisotopic (exact) mass is 574 g/mol. The van der Waals surface area contributed by atoms with Crippen LogP contribution in [0.4, 0.5) is 18.9 Å². The Kier molecular flexibility index (Phi) is 9.85. The van der Waals surface area contributed by atoms with Gasteiger partial charge < -0.3 is 24.5 Å². The normalized spacial score (nSPS) is 13.1. The van der Waals surface area contributed by atoms with Crippen LogP contribution in [-0.4, -0.2) is 34.7 Å². The van der Waals surface area contributed by atoms with E-state index in [0.717, 1.165) is 47.5 Å². The van der Waals surface area contributed by atoms with Crippen molar-refractivity contribution in [2.45, 2.75) is 85.7 Å². The van der Waals surface area contributed by atoms with E-state index in [9.17, 15) is 23.1 Å². The summed E-state index contributed by atoms with van der Waals surface area (Å²) in [6.45, 7) is 14.9. The molecule has 1 amide bonds. The molecule has 0 aliphatic heterocycles. The lowest BCUT2D eigenvalue weighted by Gasteiger charge is -2.35. The van der Waals surface area contributed by atoms with Crippen LogP contribution >= 0.6 is 0 Å². The molecule has 224 valence electrons. The van der Waals surface area contributed by atoms with Gasteiger partial charge in [0, 0.05) is 23.3 Å². The zero-order valence-corrected chi connectivity index (χ0v) is 24.9. The molecule has 9 heteroatoms. The zero-order chi connectivity index (χ0) is 30.6. The van der Waals surface area contributed by atoms with Crippen molar-refractivity contribution in [3.05, 3.63) is 77.1 Å². The highest BCUT2D eigenvalue weighted by atomic mass is 19.4. The van der Waals surface area contributed by atoms with E-state index >= 15 is 0 Å². The molecule has 3 rings (SSSR count). The number of ether oxygens (including phenoxy) is 2. The molecule has 41 heavy (non-hydrogen) atoms. The van der Waals surface area contributed by atoms with Gasteiger partial charge in [-0.05, 0) is 85.7 Å². The van der Waals surface area contributed by atoms with Gasteiger partial charge >= 0.3 is 6.36 Å². The van der Waals surface area contributed by atoms with Gasteiger partial charge in [0.05, 0.1) is 6.10 Å². The number of aryl methyl sites for hydroxylation is 1. The first kappa shape index (κ1) is 32.1. The van der Waals surface area contributed by atoms with Crippen LogP contribution in [-0.2, 0) is 12.0 Å². The van der Waals surface area contributed by atoms with Crippen molar-refractivity contribution in [3.8, 4) is 11.5 Å². The van der Waals surface area contributed by atoms with Crippen molar-refractivity contribution in [1.82, 2.24) is 4.57 Å². The summed E-state index contributed by atoms with van der Waals surface area (Å²) in [5.74, 6) is -0.000679. The van der Waals surface area contributed by atoms with Crippen molar-refractivity contribution >= 4 is 11.6 Å². The molecular weight excluding hydrogens is 533 g/mol. The Morgan fingerprint density at radius 1 is 0.976 bits per heavy atom. The fourth-order valence-corrected chi connectivity index (χ4v) is 5.06. The third-order valence-corrected chi connectivity index (χ3v) is 7.70. The number of hydrogen-bond acceptors (Lipinski definition) is 4. The van der Waals surface area contributed by atoms with Crippen molar-refractivity contribution in [3.63, 3.8) is 0 Å². The average Bonchev–Trinajstić information content (AvgIpc) is 3.33. The first-order valence-corrected chi connectivity index (χ1v) is 13.9. The van der Waals surface area contributed by atoms with Gasteiger partial charge in [-0.2, -0.15) is 0 Å². The van der Waals surface area contributed by atoms with Crippen molar-refractivity contribution < 1.29 is 32.5 Å². The molecule has 1 heterocycles. The Balaban J connectivity index is 1.88. The summed E-state index contributed by atoms with van der Waals surface area (Å²) in [5.41, 5.74) is 3.21. The van der Waals surface area contributed by atoms with Crippen LogP contribution in [0.2, 0.25) is 0 Å². The van der Waals surface area contributed by atoms with Gasteiger partial charge in [-0.3, -0.25) is 4.79 Å². The Hall–Kier alpha value is -3.46. The fourth-order valence-electron chi connectivity index (χ4n) is 5.06. The maximum absolute atomic E-state index is 13.3. The molecule has 0 radical (unpaired) electrons. The predicted octanol–water partition coefficient (Wildman–Crippen LogP) is 7.86. The number of halogens is 3. The molecule has 0 saturated carbocycles. The molecule has 1 aromatic heterocycles. The predicted molar refractivity (Wildman–Crippen MR) is 155 cm³/mol. The number of carbonyl (C=O) groups excluding carboxylic acids is 1. The average molecular weight is 575 g/mol. The first-order chi connectivity index (χ1) is 19.1. The van der Waals surface area contributed by atoms with Crippen LogP contribution in [0.5, 0.6) is 11.5 Å². The molecule has 0 aliphatic carbocycles. The number of anilines is 1. The van der Waals surface area contributed by atoms with Gasteiger partial charge in [-0.1, -0.05) is 46.8 Å². The second-order valence-corrected chi connectivity index (χ2v) is 11.3. The van der Waals surface area contributed by atoms with Gasteiger partial charge in [0.15, 0.2) is 0 Å². The van der Waals surface area contributed by atoms with Crippen molar-refractivity contribution in [1.29, 1.82) is 0 Å². The van der Waals surface area contributed by atoms with Crippen LogP contribution in [0.15, 0.2) is 54.6 Å². The van der Waals surface area contributed by atoms with Crippen LogP contribution < -0.4 is 14.8 Å². The Morgan fingerprint density at radius 2 is 1.61 bits per heavy atom. The van der Waals surface area contributed by atoms with E-state index < -0.39 is 12.5 Å². The minimum absolute atomic E-state index is 0.200. The van der Waals surface area contributed by atoms with Gasteiger partial charge in [0.1, 0.15) is 23.8 Å². The van der Waals surface area contributed by atoms with Gasteiger partial charge in [0.25, 0.3) is 5.91 Å². The number of aliphatic hydroxyl groups excluding tert-OH is 1. The van der Waals surface area contributed by atoms with Crippen LogP contribution in [0, 0.1) is 12.3 Å². The number of carbonyl (C=O) groups is 1. The summed E-state index contributed by atoms with van der Waals surface area (Å²) in [6.07, 6.45) is -3.81. The second-order valence-electron chi connectivity index (χ2n) is 11.3. The smallest absolute Gasteiger partial charge is 0.491 e. The van der Waals surface area contributed by atoms with Crippen LogP contribution in [0.1, 0.15) is 81.7 Å². The van der Waals surface area contributed by atoms with E-state index in [0.29, 0.717) is 17.9 Å². The van der Waals surface area contributed by atoms with Gasteiger partial charge in [0.2, 0.25) is 0 Å². The SMILES string of the molecule is CCn1c(C(=O)Nc2ccc(OC(F)(F)F)cc2)ccc1C(CC)(CC)c1ccc(OCC(O)C(C)(C)C)c(C)c1. The number of nitrogens with one attached hydrogen (secondary N) is 1. The Labute approximate surface area is 240 Å². The molecule has 0 bridgehead atoms. The molecule has 1 atom stereocenters. The number of hydrogen-bond donors (Lipinski definition) is 2. The van der Waals surface area contributed by atoms with Crippen LogP contribution in [0.25, 0.3) is 0 Å². The number of aromatic nitrogens is 1. The van der Waals surface area contributed by atoms with E-state index in [2.05, 4.69) is 36.0 Å². The van der Waals surface area contributed by atoms with Crippen molar-refractivity contribution in [2.75, 3.05) is 11.9 Å². The molecule has 0 aliphatic rings. The third kappa shape index (κ3) is 7.44. The molecule has 6 nitrogen and oxygen atoms in total. The lowest BCUT2D eigenvalue weighted by atomic mass is 9.72. The number of aliphatic hydroxyl groups is 1. The lowest BCUT2D eigenvalue weighted by Crippen LogP contribution is -2.32. The topological polar surface area (TPSA) is 72.7 Å². The quantitative estimate of drug-likeness (QED) is 0.245. The summed E-state index contributed by atoms with van der Waals surface area (Å²) in [7, 11) is 0. The maximum Gasteiger partial charge on any atom is 0.573 e. The largest absolute Gasteiger partial charge is 0.573 e. The molecule has 3 aromatic rings. The lowest BCUT2D eigenvalue weighted by molar-refractivity contribution is -0.274. The van der Waals surface area contributed by atoms with E-state index in [1.807, 2.05) is 51.3 Å². The van der Waals surface area contributed by atoms with E-state index in [-0.39, 0.29) is 29.1 Å². The molecule has 2 N–H and O–H groups in total. The summed E-state index contributed by atoms with van der Waals surface area (Å²) < 4.78 is 49.3. The third-order valence-electron chi connectivity index (χ3n) is 7.70. The summed E-state index contributed by atoms with van der Waals surface area (Å²) in [4.78, 5) is 13.3. The number of alkyl halides is 3. The number of benzene rings is 2. The van der Waals surface area contributed by atoms with Crippen molar-refractivity contribution in [2.24, 2.45) is 5.41 Å². The van der Waals surface area contributed by atoms with E-state index in [1.165, 1.54) is 12.1 Å². The van der Waals surface area contributed by atoms with Crippen LogP contribution in [0.3, 0.4) is 0 Å². The maximum atomic E-state index is 13.3. The highest BCUT2D eigenvalue weighted by Crippen LogP contribution is 2.41. The molecule has 0 spiro atoms. The fraction of sp³-hybridized carbons (Fsp3) is 0.469. The Bertz CT molecular complexity index is 1320. The Morgan fingerprint density at radius 3 is 2.12 bits per heavy atom. The molecule has 2 aromatic carbocycles. The minimum Gasteiger partial charge on any atom is -0.491 e. The minimum atomic E-state index is -4.78. The van der Waals surface area contributed by atoms with Gasteiger partial charge in [-0.25, -0.2) is 0 Å². The van der Waals surface area contributed by atoms with Gasteiger partial charge in [-0.15, -0.1) is 13.2 Å².